The lowest BCUT2D eigenvalue weighted by atomic mass is 10.1. The van der Waals surface area contributed by atoms with Crippen molar-refractivity contribution in [2.75, 3.05) is 6.54 Å². The van der Waals surface area contributed by atoms with Crippen molar-refractivity contribution in [3.8, 4) is 0 Å². The molecule has 0 fully saturated rings. The molecule has 0 aromatic heterocycles. The van der Waals surface area contributed by atoms with Gasteiger partial charge in [-0.15, -0.1) is 0 Å². The van der Waals surface area contributed by atoms with Gasteiger partial charge in [0, 0.05) is 6.92 Å². The topological polar surface area (TPSA) is 95.5 Å². The summed E-state index contributed by atoms with van der Waals surface area (Å²) in [6.07, 6.45) is 0. The zero-order chi connectivity index (χ0) is 12.0. The summed E-state index contributed by atoms with van der Waals surface area (Å²) < 4.78 is 0. The standard InChI is InChI=1S/C9H16N2O4/c1-5(2)8(9(14)15)11-7(13)4-10-6(3)12/h5,8H,4H2,1-3H3,(H,10,12)(H,11,13)(H,14,15). The summed E-state index contributed by atoms with van der Waals surface area (Å²) in [7, 11) is 0. The van der Waals surface area contributed by atoms with Crippen LogP contribution >= 0.6 is 0 Å². The van der Waals surface area contributed by atoms with Crippen LogP contribution in [0.25, 0.3) is 0 Å². The zero-order valence-electron chi connectivity index (χ0n) is 9.03. The SMILES string of the molecule is CC(=O)NCC(=O)NC(C(=O)O)C(C)C. The Kier molecular flexibility index (Phi) is 5.36. The second-order valence-electron chi connectivity index (χ2n) is 3.54. The Balaban J connectivity index is 4.12. The van der Waals surface area contributed by atoms with Crippen LogP contribution in [0.5, 0.6) is 0 Å². The molecule has 6 nitrogen and oxygen atoms in total. The fourth-order valence-corrected chi connectivity index (χ4v) is 0.943. The number of nitrogens with one attached hydrogen (secondary N) is 2. The molecule has 0 saturated heterocycles. The molecule has 0 saturated carbocycles. The van der Waals surface area contributed by atoms with Gasteiger partial charge in [-0.25, -0.2) is 4.79 Å². The van der Waals surface area contributed by atoms with E-state index in [4.69, 9.17) is 5.11 Å². The summed E-state index contributed by atoms with van der Waals surface area (Å²) >= 11 is 0. The molecule has 1 atom stereocenters. The first-order valence-electron chi connectivity index (χ1n) is 4.61. The normalized spacial score (nSPS) is 12.0. The number of hydrogen-bond donors (Lipinski definition) is 3. The highest BCUT2D eigenvalue weighted by atomic mass is 16.4. The van der Waals surface area contributed by atoms with Gasteiger partial charge in [-0.1, -0.05) is 13.8 Å². The molecule has 0 rings (SSSR count). The molecule has 15 heavy (non-hydrogen) atoms. The smallest absolute Gasteiger partial charge is 0.326 e. The Labute approximate surface area is 88.0 Å². The Morgan fingerprint density at radius 1 is 1.27 bits per heavy atom. The minimum Gasteiger partial charge on any atom is -0.480 e. The third-order valence-corrected chi connectivity index (χ3v) is 1.75. The molecule has 0 radical (unpaired) electrons. The van der Waals surface area contributed by atoms with Gasteiger partial charge < -0.3 is 15.7 Å². The van der Waals surface area contributed by atoms with Crippen molar-refractivity contribution in [2.45, 2.75) is 26.8 Å². The number of carbonyl (C=O) groups is 3. The van der Waals surface area contributed by atoms with E-state index in [1.54, 1.807) is 13.8 Å². The van der Waals surface area contributed by atoms with Crippen LogP contribution < -0.4 is 10.6 Å². The third-order valence-electron chi connectivity index (χ3n) is 1.75. The van der Waals surface area contributed by atoms with E-state index < -0.39 is 17.9 Å². The molecule has 0 aliphatic carbocycles. The number of carboxylic acid groups (broad SMARTS) is 1. The highest BCUT2D eigenvalue weighted by Gasteiger charge is 2.22. The quantitative estimate of drug-likeness (QED) is 0.569. The van der Waals surface area contributed by atoms with Gasteiger partial charge in [0.1, 0.15) is 6.04 Å². The molecule has 1 unspecified atom stereocenters. The van der Waals surface area contributed by atoms with E-state index in [2.05, 4.69) is 10.6 Å². The molecule has 0 bridgehead atoms. The number of carbonyl (C=O) groups excluding carboxylic acids is 2. The molecule has 3 N–H and O–H groups in total. The molecule has 2 amide bonds. The van der Waals surface area contributed by atoms with Crippen molar-refractivity contribution in [1.82, 2.24) is 10.6 Å². The van der Waals surface area contributed by atoms with Crippen molar-refractivity contribution < 1.29 is 19.5 Å². The second-order valence-corrected chi connectivity index (χ2v) is 3.54. The fourth-order valence-electron chi connectivity index (χ4n) is 0.943. The van der Waals surface area contributed by atoms with Crippen LogP contribution in [0, 0.1) is 5.92 Å². The summed E-state index contributed by atoms with van der Waals surface area (Å²) in [4.78, 5) is 32.4. The van der Waals surface area contributed by atoms with Crippen molar-refractivity contribution in [3.63, 3.8) is 0 Å². The third kappa shape index (κ3) is 5.66. The van der Waals surface area contributed by atoms with E-state index in [0.29, 0.717) is 0 Å². The van der Waals surface area contributed by atoms with Crippen LogP contribution in [-0.4, -0.2) is 35.5 Å². The Morgan fingerprint density at radius 3 is 2.13 bits per heavy atom. The largest absolute Gasteiger partial charge is 0.480 e. The van der Waals surface area contributed by atoms with Crippen LogP contribution in [0.2, 0.25) is 0 Å². The summed E-state index contributed by atoms with van der Waals surface area (Å²) in [5.74, 6) is -2.13. The number of amides is 2. The molecular formula is C9H16N2O4. The maximum absolute atomic E-state index is 11.2. The van der Waals surface area contributed by atoms with Crippen LogP contribution in [0.15, 0.2) is 0 Å². The molecule has 0 heterocycles. The van der Waals surface area contributed by atoms with E-state index >= 15 is 0 Å². The van der Waals surface area contributed by atoms with Gasteiger partial charge in [-0.3, -0.25) is 9.59 Å². The van der Waals surface area contributed by atoms with E-state index in [0.717, 1.165) is 0 Å². The second kappa shape index (κ2) is 6.00. The molecule has 0 aliphatic heterocycles. The van der Waals surface area contributed by atoms with E-state index in [1.807, 2.05) is 0 Å². The summed E-state index contributed by atoms with van der Waals surface area (Å²) in [6, 6.07) is -0.925. The maximum atomic E-state index is 11.2. The van der Waals surface area contributed by atoms with Crippen LogP contribution in [0.4, 0.5) is 0 Å². The summed E-state index contributed by atoms with van der Waals surface area (Å²) in [5, 5.41) is 13.4. The number of aliphatic carboxylic acids is 1. The molecule has 0 aromatic rings. The zero-order valence-corrected chi connectivity index (χ0v) is 9.03. The first-order valence-corrected chi connectivity index (χ1v) is 4.61. The predicted octanol–water partition coefficient (Wildman–Crippen LogP) is -0.652. The molecule has 0 aromatic carbocycles. The van der Waals surface area contributed by atoms with E-state index in [1.165, 1.54) is 6.92 Å². The van der Waals surface area contributed by atoms with Gasteiger partial charge in [-0.05, 0) is 5.92 Å². The monoisotopic (exact) mass is 216 g/mol. The minimum atomic E-state index is -1.08. The molecule has 0 spiro atoms. The Hall–Kier alpha value is -1.59. The number of carboxylic acids is 1. The average Bonchev–Trinajstić information content (AvgIpc) is 2.09. The minimum absolute atomic E-state index is 0.203. The first kappa shape index (κ1) is 13.4. The van der Waals surface area contributed by atoms with Crippen LogP contribution in [0.1, 0.15) is 20.8 Å². The van der Waals surface area contributed by atoms with Gasteiger partial charge >= 0.3 is 5.97 Å². The molecular weight excluding hydrogens is 200 g/mol. The van der Waals surface area contributed by atoms with Gasteiger partial charge in [0.25, 0.3) is 0 Å². The summed E-state index contributed by atoms with van der Waals surface area (Å²) in [6.45, 7) is 4.46. The number of rotatable bonds is 5. The van der Waals surface area contributed by atoms with Crippen molar-refractivity contribution in [2.24, 2.45) is 5.92 Å². The lowest BCUT2D eigenvalue weighted by Gasteiger charge is -2.17. The highest BCUT2D eigenvalue weighted by molar-refractivity contribution is 5.87. The summed E-state index contributed by atoms with van der Waals surface area (Å²) in [5.41, 5.74) is 0. The lowest BCUT2D eigenvalue weighted by molar-refractivity contribution is -0.143. The molecule has 6 heteroatoms. The van der Waals surface area contributed by atoms with Crippen molar-refractivity contribution >= 4 is 17.8 Å². The first-order chi connectivity index (χ1) is 6.84. The number of hydrogen-bond acceptors (Lipinski definition) is 3. The van der Waals surface area contributed by atoms with E-state index in [-0.39, 0.29) is 18.4 Å². The van der Waals surface area contributed by atoms with Gasteiger partial charge in [0.05, 0.1) is 6.54 Å². The Morgan fingerprint density at radius 2 is 1.80 bits per heavy atom. The predicted molar refractivity (Wildman–Crippen MR) is 53.1 cm³/mol. The van der Waals surface area contributed by atoms with Crippen LogP contribution in [0.3, 0.4) is 0 Å². The van der Waals surface area contributed by atoms with Gasteiger partial charge in [0.15, 0.2) is 0 Å². The Bertz CT molecular complexity index is 263. The molecule has 86 valence electrons. The van der Waals surface area contributed by atoms with Crippen molar-refractivity contribution in [1.29, 1.82) is 0 Å². The van der Waals surface area contributed by atoms with Crippen LogP contribution in [-0.2, 0) is 14.4 Å². The van der Waals surface area contributed by atoms with Crippen molar-refractivity contribution in [3.05, 3.63) is 0 Å². The van der Waals surface area contributed by atoms with Gasteiger partial charge in [0.2, 0.25) is 11.8 Å². The fraction of sp³-hybridized carbons (Fsp3) is 0.667. The maximum Gasteiger partial charge on any atom is 0.326 e. The van der Waals surface area contributed by atoms with E-state index in [9.17, 15) is 14.4 Å². The average molecular weight is 216 g/mol. The van der Waals surface area contributed by atoms with Gasteiger partial charge in [-0.2, -0.15) is 0 Å². The molecule has 0 aliphatic rings. The highest BCUT2D eigenvalue weighted by Crippen LogP contribution is 2.00. The lowest BCUT2D eigenvalue weighted by Crippen LogP contribution is -2.47.